The lowest BCUT2D eigenvalue weighted by molar-refractivity contribution is -0.143. The Bertz CT molecular complexity index is 535. The molecule has 1 unspecified atom stereocenters. The quantitative estimate of drug-likeness (QED) is 0.858. The van der Waals surface area contributed by atoms with Gasteiger partial charge in [0.25, 0.3) is 0 Å². The molecule has 1 aromatic rings. The van der Waals surface area contributed by atoms with Crippen molar-refractivity contribution in [2.75, 3.05) is 32.8 Å². The van der Waals surface area contributed by atoms with Gasteiger partial charge in [0.05, 0.1) is 12.6 Å². The van der Waals surface area contributed by atoms with Gasteiger partial charge in [-0.05, 0) is 30.7 Å². The highest BCUT2D eigenvalue weighted by molar-refractivity contribution is 6.31. The molecule has 108 valence electrons. The van der Waals surface area contributed by atoms with Crippen molar-refractivity contribution in [1.82, 2.24) is 10.2 Å². The average molecular weight is 297 g/mol. The van der Waals surface area contributed by atoms with E-state index in [-0.39, 0.29) is 24.3 Å². The summed E-state index contributed by atoms with van der Waals surface area (Å²) in [5.74, 6) is 0.231. The number of ether oxygens (including phenoxy) is 1. The van der Waals surface area contributed by atoms with Crippen LogP contribution in [0.25, 0.3) is 0 Å². The number of aromatic hydroxyl groups is 1. The summed E-state index contributed by atoms with van der Waals surface area (Å²) >= 11 is 6.21. The minimum Gasteiger partial charge on any atom is -0.508 e. The van der Waals surface area contributed by atoms with Gasteiger partial charge in [-0.2, -0.15) is 0 Å². The molecule has 0 aliphatic carbocycles. The number of rotatable bonds is 2. The van der Waals surface area contributed by atoms with Crippen LogP contribution in [0.1, 0.15) is 17.2 Å². The number of phenolic OH excluding ortho intramolecular Hbond substituents is 1. The lowest BCUT2D eigenvalue weighted by Crippen LogP contribution is -2.47. The summed E-state index contributed by atoms with van der Waals surface area (Å²) in [5.41, 5.74) is 1.80. The van der Waals surface area contributed by atoms with Gasteiger partial charge < -0.3 is 20.1 Å². The number of hydrogen-bond donors (Lipinski definition) is 2. The van der Waals surface area contributed by atoms with Crippen molar-refractivity contribution in [2.24, 2.45) is 0 Å². The van der Waals surface area contributed by atoms with Crippen LogP contribution >= 0.6 is 11.6 Å². The number of hydrogen-bond acceptors (Lipinski definition) is 4. The van der Waals surface area contributed by atoms with E-state index in [4.69, 9.17) is 16.3 Å². The molecule has 0 saturated carbocycles. The molecule has 1 amide bonds. The maximum absolute atomic E-state index is 11.8. The van der Waals surface area contributed by atoms with Crippen LogP contribution in [0.15, 0.2) is 12.1 Å². The maximum Gasteiger partial charge on any atom is 0.248 e. The third kappa shape index (κ3) is 2.49. The first-order chi connectivity index (χ1) is 9.66. The van der Waals surface area contributed by atoms with Crippen LogP contribution in [0.2, 0.25) is 5.02 Å². The third-order valence-electron chi connectivity index (χ3n) is 3.88. The third-order valence-corrected chi connectivity index (χ3v) is 4.23. The number of phenols is 1. The number of nitrogens with zero attached hydrogens (tertiary/aromatic N) is 1. The summed E-state index contributed by atoms with van der Waals surface area (Å²) < 4.78 is 5.13. The first kappa shape index (κ1) is 13.7. The second-order valence-corrected chi connectivity index (χ2v) is 5.51. The van der Waals surface area contributed by atoms with Crippen molar-refractivity contribution in [3.8, 4) is 5.75 Å². The summed E-state index contributed by atoms with van der Waals surface area (Å²) in [4.78, 5) is 13.6. The van der Waals surface area contributed by atoms with Crippen LogP contribution < -0.4 is 5.32 Å². The van der Waals surface area contributed by atoms with Gasteiger partial charge in [-0.15, -0.1) is 0 Å². The number of carbonyl (C=O) groups excluding carboxylic acids is 1. The fraction of sp³-hybridized carbons (Fsp3) is 0.500. The lowest BCUT2D eigenvalue weighted by atomic mass is 9.93. The van der Waals surface area contributed by atoms with E-state index >= 15 is 0 Å². The maximum atomic E-state index is 11.8. The second-order valence-electron chi connectivity index (χ2n) is 5.11. The molecule has 5 nitrogen and oxygen atoms in total. The van der Waals surface area contributed by atoms with Crippen molar-refractivity contribution < 1.29 is 14.6 Å². The van der Waals surface area contributed by atoms with E-state index in [2.05, 4.69) is 5.32 Å². The Hall–Kier alpha value is -1.30. The molecule has 2 aliphatic rings. The molecule has 0 radical (unpaired) electrons. The van der Waals surface area contributed by atoms with Gasteiger partial charge in [-0.25, -0.2) is 0 Å². The largest absolute Gasteiger partial charge is 0.508 e. The molecule has 1 aromatic carbocycles. The Labute approximate surface area is 122 Å². The number of amides is 1. The molecule has 2 heterocycles. The molecule has 1 fully saturated rings. The van der Waals surface area contributed by atoms with Gasteiger partial charge in [-0.3, -0.25) is 4.79 Å². The van der Waals surface area contributed by atoms with E-state index in [9.17, 15) is 9.90 Å². The number of benzene rings is 1. The molecule has 6 heteroatoms. The van der Waals surface area contributed by atoms with Crippen molar-refractivity contribution >= 4 is 17.5 Å². The van der Waals surface area contributed by atoms with Crippen LogP contribution in [0.5, 0.6) is 5.75 Å². The Morgan fingerprint density at radius 3 is 3.15 bits per heavy atom. The Morgan fingerprint density at radius 1 is 1.50 bits per heavy atom. The second kappa shape index (κ2) is 5.60. The molecule has 1 atom stereocenters. The minimum atomic E-state index is -0.0838. The van der Waals surface area contributed by atoms with E-state index in [1.54, 1.807) is 17.0 Å². The van der Waals surface area contributed by atoms with Crippen molar-refractivity contribution in [2.45, 2.75) is 12.5 Å². The summed E-state index contributed by atoms with van der Waals surface area (Å²) in [6, 6.07) is 3.25. The number of fused-ring (bicyclic) bond motifs is 1. The monoisotopic (exact) mass is 296 g/mol. The predicted molar refractivity (Wildman–Crippen MR) is 75.0 cm³/mol. The van der Waals surface area contributed by atoms with Crippen LogP contribution in [-0.2, 0) is 16.0 Å². The van der Waals surface area contributed by atoms with Crippen molar-refractivity contribution in [3.63, 3.8) is 0 Å². The molecule has 1 saturated heterocycles. The molecule has 20 heavy (non-hydrogen) atoms. The summed E-state index contributed by atoms with van der Waals surface area (Å²) in [6.07, 6.45) is 0.788. The normalized spacial score (nSPS) is 22.8. The van der Waals surface area contributed by atoms with Gasteiger partial charge in [0.15, 0.2) is 0 Å². The zero-order valence-corrected chi connectivity index (χ0v) is 11.8. The summed E-state index contributed by atoms with van der Waals surface area (Å²) in [6.45, 7) is 2.62. The van der Waals surface area contributed by atoms with E-state index in [1.165, 1.54) is 0 Å². The van der Waals surface area contributed by atoms with Crippen LogP contribution in [0, 0.1) is 0 Å². The highest BCUT2D eigenvalue weighted by atomic mass is 35.5. The number of nitrogens with one attached hydrogen (secondary N) is 1. The molecule has 0 spiro atoms. The summed E-state index contributed by atoms with van der Waals surface area (Å²) in [7, 11) is 0. The van der Waals surface area contributed by atoms with E-state index in [0.29, 0.717) is 24.7 Å². The molecular formula is C14H17ClN2O3. The fourth-order valence-electron chi connectivity index (χ4n) is 2.86. The van der Waals surface area contributed by atoms with Gasteiger partial charge in [0.1, 0.15) is 12.4 Å². The molecule has 0 bridgehead atoms. The van der Waals surface area contributed by atoms with Gasteiger partial charge in [0.2, 0.25) is 5.91 Å². The average Bonchev–Trinajstić information content (AvgIpc) is 2.45. The fourth-order valence-corrected chi connectivity index (χ4v) is 3.12. The number of halogens is 1. The van der Waals surface area contributed by atoms with Crippen molar-refractivity contribution in [3.05, 3.63) is 28.3 Å². The molecule has 2 aliphatic heterocycles. The van der Waals surface area contributed by atoms with Crippen LogP contribution in [0.3, 0.4) is 0 Å². The first-order valence-corrected chi connectivity index (χ1v) is 7.14. The summed E-state index contributed by atoms with van der Waals surface area (Å²) in [5, 5.41) is 14.2. The highest BCUT2D eigenvalue weighted by Gasteiger charge is 2.29. The molecular weight excluding hydrogens is 280 g/mol. The van der Waals surface area contributed by atoms with Gasteiger partial charge in [-0.1, -0.05) is 11.6 Å². The van der Waals surface area contributed by atoms with E-state index < -0.39 is 0 Å². The Balaban J connectivity index is 1.86. The topological polar surface area (TPSA) is 61.8 Å². The van der Waals surface area contributed by atoms with E-state index in [1.807, 2.05) is 0 Å². The Kier molecular flexibility index (Phi) is 3.83. The molecule has 3 rings (SSSR count). The minimum absolute atomic E-state index is 0.00769. The number of carbonyl (C=O) groups is 1. The SMILES string of the molecule is O=C1COCCN1CC1NCCc2c(Cl)ccc(O)c21. The van der Waals surface area contributed by atoms with E-state index in [0.717, 1.165) is 24.1 Å². The molecule has 2 N–H and O–H groups in total. The van der Waals surface area contributed by atoms with Crippen LogP contribution in [-0.4, -0.2) is 48.8 Å². The smallest absolute Gasteiger partial charge is 0.248 e. The zero-order valence-electron chi connectivity index (χ0n) is 11.1. The molecule has 0 aromatic heterocycles. The highest BCUT2D eigenvalue weighted by Crippen LogP contribution is 2.36. The van der Waals surface area contributed by atoms with Gasteiger partial charge >= 0.3 is 0 Å². The first-order valence-electron chi connectivity index (χ1n) is 6.76. The van der Waals surface area contributed by atoms with Gasteiger partial charge in [0, 0.05) is 23.7 Å². The number of morpholine rings is 1. The zero-order chi connectivity index (χ0) is 14.1. The predicted octanol–water partition coefficient (Wildman–Crippen LogP) is 1.09. The lowest BCUT2D eigenvalue weighted by Gasteiger charge is -2.34. The van der Waals surface area contributed by atoms with Crippen molar-refractivity contribution in [1.29, 1.82) is 0 Å². The Morgan fingerprint density at radius 2 is 2.35 bits per heavy atom. The standard InChI is InChI=1S/C14H17ClN2O3/c15-10-1-2-12(18)14-9(10)3-4-16-11(14)7-17-5-6-20-8-13(17)19/h1-2,11,16,18H,3-8H2. The van der Waals surface area contributed by atoms with Crippen LogP contribution in [0.4, 0.5) is 0 Å².